The van der Waals surface area contributed by atoms with Gasteiger partial charge in [-0.2, -0.15) is 0 Å². The summed E-state index contributed by atoms with van der Waals surface area (Å²) in [5.41, 5.74) is 3.18. The summed E-state index contributed by atoms with van der Waals surface area (Å²) >= 11 is 0. The van der Waals surface area contributed by atoms with Crippen molar-refractivity contribution >= 4 is 5.71 Å². The van der Waals surface area contributed by atoms with Crippen LogP contribution in [0, 0.1) is 6.92 Å². The number of ether oxygens (including phenoxy) is 4. The molecule has 0 fully saturated rings. The first-order valence-electron chi connectivity index (χ1n) is 7.72. The lowest BCUT2D eigenvalue weighted by atomic mass is 9.99. The number of nitrogens with zero attached hydrogens (tertiary/aromatic N) is 1. The Morgan fingerprint density at radius 2 is 1.48 bits per heavy atom. The van der Waals surface area contributed by atoms with E-state index >= 15 is 0 Å². The second kappa shape index (κ2) is 8.28. The lowest BCUT2D eigenvalue weighted by Crippen LogP contribution is -2.07. The van der Waals surface area contributed by atoms with Crippen molar-refractivity contribution in [3.8, 4) is 23.0 Å². The zero-order valence-corrected chi connectivity index (χ0v) is 15.1. The highest BCUT2D eigenvalue weighted by Gasteiger charge is 2.15. The average molecular weight is 345 g/mol. The molecule has 0 spiro atoms. The first-order valence-corrected chi connectivity index (χ1v) is 7.72. The van der Waals surface area contributed by atoms with Gasteiger partial charge in [-0.1, -0.05) is 5.16 Å². The second-order valence-corrected chi connectivity index (χ2v) is 5.44. The maximum absolute atomic E-state index is 9.48. The summed E-state index contributed by atoms with van der Waals surface area (Å²) in [6.07, 6.45) is 0.402. The Morgan fingerprint density at radius 3 is 1.92 bits per heavy atom. The number of hydrogen-bond acceptors (Lipinski definition) is 6. The fourth-order valence-electron chi connectivity index (χ4n) is 2.68. The summed E-state index contributed by atoms with van der Waals surface area (Å²) in [4.78, 5) is 0. The van der Waals surface area contributed by atoms with E-state index in [-0.39, 0.29) is 0 Å². The van der Waals surface area contributed by atoms with E-state index in [0.29, 0.717) is 29.4 Å². The lowest BCUT2D eigenvalue weighted by molar-refractivity contribution is 0.318. The molecule has 25 heavy (non-hydrogen) atoms. The van der Waals surface area contributed by atoms with E-state index in [2.05, 4.69) is 5.16 Å². The molecule has 0 bridgehead atoms. The maximum Gasteiger partial charge on any atom is 0.203 e. The minimum atomic E-state index is 0.402. The second-order valence-electron chi connectivity index (χ2n) is 5.44. The van der Waals surface area contributed by atoms with Crippen LogP contribution in [0.15, 0.2) is 35.5 Å². The summed E-state index contributed by atoms with van der Waals surface area (Å²) in [7, 11) is 6.31. The van der Waals surface area contributed by atoms with Crippen LogP contribution in [-0.2, 0) is 6.42 Å². The molecule has 0 amide bonds. The van der Waals surface area contributed by atoms with E-state index in [9.17, 15) is 5.21 Å². The van der Waals surface area contributed by atoms with E-state index < -0.39 is 0 Å². The highest BCUT2D eigenvalue weighted by atomic mass is 16.5. The van der Waals surface area contributed by atoms with Crippen LogP contribution in [-0.4, -0.2) is 39.4 Å². The number of rotatable bonds is 7. The minimum Gasteiger partial charge on any atom is -0.496 e. The molecule has 2 aromatic carbocycles. The standard InChI is InChI=1S/C19H23NO5/c1-12-8-14(6-7-16(12)22-2)15(20-21)9-13-10-17(23-3)19(25-5)18(11-13)24-4/h6-8,10-11,21H,9H2,1-5H3. The van der Waals surface area contributed by atoms with Crippen LogP contribution in [0.2, 0.25) is 0 Å². The molecule has 0 heterocycles. The SMILES string of the molecule is COc1ccc(C(Cc2cc(OC)c(OC)c(OC)c2)=NO)cc1C. The van der Waals surface area contributed by atoms with E-state index in [0.717, 1.165) is 22.4 Å². The fourth-order valence-corrected chi connectivity index (χ4v) is 2.68. The third-order valence-corrected chi connectivity index (χ3v) is 3.94. The molecule has 0 aliphatic rings. The Balaban J connectivity index is 2.38. The highest BCUT2D eigenvalue weighted by molar-refractivity contribution is 6.02. The van der Waals surface area contributed by atoms with Crippen LogP contribution < -0.4 is 18.9 Å². The molecule has 0 saturated carbocycles. The predicted octanol–water partition coefficient (Wildman–Crippen LogP) is 3.45. The van der Waals surface area contributed by atoms with Gasteiger partial charge < -0.3 is 24.2 Å². The topological polar surface area (TPSA) is 69.5 Å². The molecule has 0 aliphatic heterocycles. The summed E-state index contributed by atoms with van der Waals surface area (Å²) in [5, 5.41) is 12.9. The van der Waals surface area contributed by atoms with Gasteiger partial charge in [0.2, 0.25) is 5.75 Å². The quantitative estimate of drug-likeness (QED) is 0.473. The van der Waals surface area contributed by atoms with Crippen LogP contribution in [0.25, 0.3) is 0 Å². The van der Waals surface area contributed by atoms with Crippen LogP contribution in [0.4, 0.5) is 0 Å². The third kappa shape index (κ3) is 3.96. The lowest BCUT2D eigenvalue weighted by Gasteiger charge is -2.15. The van der Waals surface area contributed by atoms with Crippen molar-refractivity contribution in [1.29, 1.82) is 0 Å². The van der Waals surface area contributed by atoms with Crippen LogP contribution in [0.1, 0.15) is 16.7 Å². The molecule has 0 aliphatic carbocycles. The average Bonchev–Trinajstić information content (AvgIpc) is 2.64. The number of methoxy groups -OCH3 is 4. The first-order chi connectivity index (χ1) is 12.1. The maximum atomic E-state index is 9.48. The molecule has 0 atom stereocenters. The van der Waals surface area contributed by atoms with E-state index in [1.807, 2.05) is 37.3 Å². The van der Waals surface area contributed by atoms with Gasteiger partial charge in [0.1, 0.15) is 5.75 Å². The molecule has 2 rings (SSSR count). The van der Waals surface area contributed by atoms with Gasteiger partial charge in [-0.15, -0.1) is 0 Å². The van der Waals surface area contributed by atoms with E-state index in [4.69, 9.17) is 18.9 Å². The summed E-state index contributed by atoms with van der Waals surface area (Å²) in [5.74, 6) is 2.42. The van der Waals surface area contributed by atoms with Crippen molar-refractivity contribution in [2.24, 2.45) is 5.16 Å². The van der Waals surface area contributed by atoms with Crippen molar-refractivity contribution in [3.63, 3.8) is 0 Å². The molecule has 134 valence electrons. The molecule has 0 saturated heterocycles. The number of aryl methyl sites for hydroxylation is 1. The van der Waals surface area contributed by atoms with Crippen LogP contribution >= 0.6 is 0 Å². The van der Waals surface area contributed by atoms with Gasteiger partial charge in [-0.3, -0.25) is 0 Å². The first kappa shape index (κ1) is 18.4. The Kier molecular flexibility index (Phi) is 6.11. The normalized spacial score (nSPS) is 11.2. The van der Waals surface area contributed by atoms with Gasteiger partial charge in [-0.05, 0) is 48.4 Å². The zero-order chi connectivity index (χ0) is 18.4. The fraction of sp³-hybridized carbons (Fsp3) is 0.316. The highest BCUT2D eigenvalue weighted by Crippen LogP contribution is 2.38. The smallest absolute Gasteiger partial charge is 0.203 e. The zero-order valence-electron chi connectivity index (χ0n) is 15.1. The largest absolute Gasteiger partial charge is 0.496 e. The van der Waals surface area contributed by atoms with Gasteiger partial charge in [0.25, 0.3) is 0 Å². The summed E-state index contributed by atoms with van der Waals surface area (Å²) in [6.45, 7) is 1.94. The Morgan fingerprint density at radius 1 is 0.880 bits per heavy atom. The summed E-state index contributed by atoms with van der Waals surface area (Å²) in [6, 6.07) is 9.31. The molecule has 0 unspecified atom stereocenters. The number of benzene rings is 2. The monoisotopic (exact) mass is 345 g/mol. The number of hydrogen-bond donors (Lipinski definition) is 1. The molecule has 2 aromatic rings. The Bertz CT molecular complexity index is 745. The molecule has 0 radical (unpaired) electrons. The van der Waals surface area contributed by atoms with Gasteiger partial charge in [-0.25, -0.2) is 0 Å². The van der Waals surface area contributed by atoms with E-state index in [1.54, 1.807) is 28.4 Å². The van der Waals surface area contributed by atoms with Crippen LogP contribution in [0.5, 0.6) is 23.0 Å². The molecular weight excluding hydrogens is 322 g/mol. The third-order valence-electron chi connectivity index (χ3n) is 3.94. The Labute approximate surface area is 147 Å². The molecule has 6 nitrogen and oxygen atoms in total. The van der Waals surface area contributed by atoms with Gasteiger partial charge in [0.15, 0.2) is 11.5 Å². The van der Waals surface area contributed by atoms with Crippen LogP contribution in [0.3, 0.4) is 0 Å². The van der Waals surface area contributed by atoms with Crippen molar-refractivity contribution in [2.75, 3.05) is 28.4 Å². The van der Waals surface area contributed by atoms with Crippen molar-refractivity contribution in [1.82, 2.24) is 0 Å². The van der Waals surface area contributed by atoms with Gasteiger partial charge in [0.05, 0.1) is 34.2 Å². The minimum absolute atomic E-state index is 0.402. The molecule has 1 N–H and O–H groups in total. The van der Waals surface area contributed by atoms with E-state index in [1.165, 1.54) is 0 Å². The predicted molar refractivity (Wildman–Crippen MR) is 95.9 cm³/mol. The van der Waals surface area contributed by atoms with Crippen molar-refractivity contribution < 1.29 is 24.2 Å². The van der Waals surface area contributed by atoms with Gasteiger partial charge >= 0.3 is 0 Å². The van der Waals surface area contributed by atoms with Gasteiger partial charge in [0, 0.05) is 12.0 Å². The Hall–Kier alpha value is -2.89. The van der Waals surface area contributed by atoms with Crippen molar-refractivity contribution in [3.05, 3.63) is 47.0 Å². The molecule has 0 aromatic heterocycles. The molecule has 6 heteroatoms. The van der Waals surface area contributed by atoms with Crippen molar-refractivity contribution in [2.45, 2.75) is 13.3 Å². The summed E-state index contributed by atoms with van der Waals surface area (Å²) < 4.78 is 21.3. The molecular formula is C19H23NO5. The number of oxime groups is 1.